The normalized spacial score (nSPS) is 16.1. The number of hydrogen-bond acceptors (Lipinski definition) is 2. The van der Waals surface area contributed by atoms with E-state index < -0.39 is 0 Å². The third kappa shape index (κ3) is 2.28. The van der Waals surface area contributed by atoms with Gasteiger partial charge < -0.3 is 0 Å². The van der Waals surface area contributed by atoms with Crippen LogP contribution in [-0.2, 0) is 6.42 Å². The Kier molecular flexibility index (Phi) is 3.52. The van der Waals surface area contributed by atoms with Crippen molar-refractivity contribution >= 4 is 33.5 Å². The predicted octanol–water partition coefficient (Wildman–Crippen LogP) is 3.69. The number of carbonyl (C=O) groups excluding carboxylic acids is 1. The smallest absolute Gasteiger partial charge is 0.176 e. The molecule has 1 aromatic rings. The molecule has 3 heteroatoms. The van der Waals surface area contributed by atoms with E-state index in [9.17, 15) is 4.79 Å². The molecule has 0 N–H and O–H groups in total. The molecule has 80 valence electrons. The lowest BCUT2D eigenvalue weighted by molar-refractivity contribution is 0.0990. The van der Waals surface area contributed by atoms with E-state index >= 15 is 0 Å². The van der Waals surface area contributed by atoms with Crippen LogP contribution in [0.1, 0.15) is 29.3 Å². The molecule has 0 fully saturated rings. The standard InChI is InChI=1S/C12H13BrOS/c1-2-10(13)12(14)9-4-3-8-5-6-15-11(8)7-9/h3-4,7,10H,2,5-6H2,1H3. The Morgan fingerprint density at radius 1 is 1.60 bits per heavy atom. The summed E-state index contributed by atoms with van der Waals surface area (Å²) in [6.45, 7) is 2.01. The number of carbonyl (C=O) groups is 1. The van der Waals surface area contributed by atoms with Crippen molar-refractivity contribution in [2.24, 2.45) is 0 Å². The van der Waals surface area contributed by atoms with Crippen LogP contribution in [0.25, 0.3) is 0 Å². The first-order valence-corrected chi connectivity index (χ1v) is 7.06. The molecule has 0 spiro atoms. The van der Waals surface area contributed by atoms with Gasteiger partial charge in [0.25, 0.3) is 0 Å². The van der Waals surface area contributed by atoms with Crippen LogP contribution in [0.2, 0.25) is 0 Å². The van der Waals surface area contributed by atoms with Gasteiger partial charge in [-0.15, -0.1) is 11.8 Å². The second kappa shape index (κ2) is 4.71. The summed E-state index contributed by atoms with van der Waals surface area (Å²) in [5.74, 6) is 1.35. The predicted molar refractivity (Wildman–Crippen MR) is 68.2 cm³/mol. The number of hydrogen-bond donors (Lipinski definition) is 0. The SMILES string of the molecule is CCC(Br)C(=O)c1ccc2c(c1)SCC2. The molecule has 1 aliphatic heterocycles. The largest absolute Gasteiger partial charge is 0.293 e. The van der Waals surface area contributed by atoms with Crippen LogP contribution in [0.15, 0.2) is 23.1 Å². The number of halogens is 1. The zero-order valence-corrected chi connectivity index (χ0v) is 11.0. The molecule has 0 bridgehead atoms. The monoisotopic (exact) mass is 284 g/mol. The van der Waals surface area contributed by atoms with Gasteiger partial charge in [0.05, 0.1) is 4.83 Å². The van der Waals surface area contributed by atoms with Crippen molar-refractivity contribution < 1.29 is 4.79 Å². The van der Waals surface area contributed by atoms with E-state index in [0.717, 1.165) is 24.2 Å². The lowest BCUT2D eigenvalue weighted by Gasteiger charge is -2.07. The van der Waals surface area contributed by atoms with Crippen LogP contribution >= 0.6 is 27.7 Å². The van der Waals surface area contributed by atoms with Crippen molar-refractivity contribution in [1.82, 2.24) is 0 Å². The van der Waals surface area contributed by atoms with Gasteiger partial charge in [0, 0.05) is 16.2 Å². The molecular weight excluding hydrogens is 272 g/mol. The van der Waals surface area contributed by atoms with Crippen molar-refractivity contribution in [3.8, 4) is 0 Å². The molecule has 0 saturated carbocycles. The highest BCUT2D eigenvalue weighted by Gasteiger charge is 2.18. The second-order valence-electron chi connectivity index (χ2n) is 3.66. The zero-order valence-electron chi connectivity index (χ0n) is 8.63. The minimum absolute atomic E-state index is 0.0399. The molecule has 1 nitrogen and oxygen atoms in total. The Hall–Kier alpha value is -0.280. The highest BCUT2D eigenvalue weighted by molar-refractivity contribution is 9.10. The first kappa shape index (κ1) is 11.2. The second-order valence-corrected chi connectivity index (χ2v) is 5.90. The summed E-state index contributed by atoms with van der Waals surface area (Å²) in [7, 11) is 0. The van der Waals surface area contributed by atoms with Crippen molar-refractivity contribution in [2.75, 3.05) is 5.75 Å². The number of benzene rings is 1. The van der Waals surface area contributed by atoms with Crippen LogP contribution < -0.4 is 0 Å². The van der Waals surface area contributed by atoms with Gasteiger partial charge in [-0.1, -0.05) is 35.0 Å². The molecule has 2 rings (SSSR count). The number of ketones is 1. The first-order valence-electron chi connectivity index (χ1n) is 5.16. The lowest BCUT2D eigenvalue weighted by atomic mass is 10.0. The first-order chi connectivity index (χ1) is 7.22. The molecule has 0 aliphatic carbocycles. The molecule has 0 amide bonds. The van der Waals surface area contributed by atoms with E-state index in [1.807, 2.05) is 30.8 Å². The summed E-state index contributed by atoms with van der Waals surface area (Å²) in [5, 5.41) is 0. The van der Waals surface area contributed by atoms with E-state index in [1.165, 1.54) is 10.5 Å². The minimum atomic E-state index is -0.0399. The summed E-state index contributed by atoms with van der Waals surface area (Å²) in [4.78, 5) is 13.2. The van der Waals surface area contributed by atoms with Gasteiger partial charge in [-0.2, -0.15) is 0 Å². The van der Waals surface area contributed by atoms with Crippen LogP contribution in [0.4, 0.5) is 0 Å². The lowest BCUT2D eigenvalue weighted by Crippen LogP contribution is -2.12. The zero-order chi connectivity index (χ0) is 10.8. The van der Waals surface area contributed by atoms with Gasteiger partial charge in [-0.05, 0) is 24.5 Å². The average molecular weight is 285 g/mol. The van der Waals surface area contributed by atoms with E-state index in [1.54, 1.807) is 0 Å². The third-order valence-corrected chi connectivity index (χ3v) is 4.79. The fourth-order valence-electron chi connectivity index (χ4n) is 1.69. The summed E-state index contributed by atoms with van der Waals surface area (Å²) in [6.07, 6.45) is 1.98. The number of rotatable bonds is 3. The Bertz CT molecular complexity index is 389. The van der Waals surface area contributed by atoms with Crippen LogP contribution in [0, 0.1) is 0 Å². The summed E-state index contributed by atoms with van der Waals surface area (Å²) in [6, 6.07) is 6.09. The Balaban J connectivity index is 2.26. The van der Waals surface area contributed by atoms with Crippen LogP contribution in [-0.4, -0.2) is 16.4 Å². The fraction of sp³-hybridized carbons (Fsp3) is 0.417. The van der Waals surface area contributed by atoms with E-state index in [0.29, 0.717) is 0 Å². The number of alkyl halides is 1. The third-order valence-electron chi connectivity index (χ3n) is 2.62. The molecule has 1 aliphatic rings. The molecule has 15 heavy (non-hydrogen) atoms. The van der Waals surface area contributed by atoms with Gasteiger partial charge in [0.2, 0.25) is 0 Å². The van der Waals surface area contributed by atoms with Crippen molar-refractivity contribution in [3.05, 3.63) is 29.3 Å². The van der Waals surface area contributed by atoms with Crippen molar-refractivity contribution in [3.63, 3.8) is 0 Å². The maximum Gasteiger partial charge on any atom is 0.176 e. The molecule has 0 saturated heterocycles. The molecule has 0 aromatic heterocycles. The van der Waals surface area contributed by atoms with Gasteiger partial charge in [0.1, 0.15) is 0 Å². The topological polar surface area (TPSA) is 17.1 Å². The molecule has 0 radical (unpaired) electrons. The van der Waals surface area contributed by atoms with Crippen molar-refractivity contribution in [2.45, 2.75) is 29.5 Å². The Morgan fingerprint density at radius 3 is 3.13 bits per heavy atom. The number of Topliss-reactive ketones (excluding diaryl/α,β-unsaturated/α-hetero) is 1. The number of fused-ring (bicyclic) bond motifs is 1. The molecular formula is C12H13BrOS. The van der Waals surface area contributed by atoms with Gasteiger partial charge >= 0.3 is 0 Å². The van der Waals surface area contributed by atoms with Crippen molar-refractivity contribution in [1.29, 1.82) is 0 Å². The maximum absolute atomic E-state index is 11.9. The highest BCUT2D eigenvalue weighted by atomic mass is 79.9. The highest BCUT2D eigenvalue weighted by Crippen LogP contribution is 2.32. The quantitative estimate of drug-likeness (QED) is 0.622. The average Bonchev–Trinajstić information content (AvgIpc) is 2.73. The summed E-state index contributed by atoms with van der Waals surface area (Å²) >= 11 is 5.25. The number of thioether (sulfide) groups is 1. The van der Waals surface area contributed by atoms with Crippen LogP contribution in [0.3, 0.4) is 0 Å². The fourth-order valence-corrected chi connectivity index (χ4v) is 3.06. The molecule has 1 unspecified atom stereocenters. The minimum Gasteiger partial charge on any atom is -0.293 e. The van der Waals surface area contributed by atoms with E-state index in [2.05, 4.69) is 22.0 Å². The maximum atomic E-state index is 11.9. The summed E-state index contributed by atoms with van der Waals surface area (Å²) in [5.41, 5.74) is 2.23. The van der Waals surface area contributed by atoms with Crippen LogP contribution in [0.5, 0.6) is 0 Å². The Morgan fingerprint density at radius 2 is 2.40 bits per heavy atom. The van der Waals surface area contributed by atoms with E-state index in [-0.39, 0.29) is 10.6 Å². The molecule has 1 heterocycles. The Labute approximate surface area is 103 Å². The van der Waals surface area contributed by atoms with Gasteiger partial charge in [-0.25, -0.2) is 0 Å². The van der Waals surface area contributed by atoms with Gasteiger partial charge in [0.15, 0.2) is 5.78 Å². The molecule has 1 aromatic carbocycles. The number of aryl methyl sites for hydroxylation is 1. The van der Waals surface area contributed by atoms with Gasteiger partial charge in [-0.3, -0.25) is 4.79 Å². The summed E-state index contributed by atoms with van der Waals surface area (Å²) < 4.78 is 0. The molecule has 1 atom stereocenters. The van der Waals surface area contributed by atoms with E-state index in [4.69, 9.17) is 0 Å².